The smallest absolute Gasteiger partial charge is 0.237 e. The first-order valence-corrected chi connectivity index (χ1v) is 14.4. The van der Waals surface area contributed by atoms with Gasteiger partial charge in [0.1, 0.15) is 5.83 Å². The van der Waals surface area contributed by atoms with E-state index in [0.29, 0.717) is 11.6 Å². The summed E-state index contributed by atoms with van der Waals surface area (Å²) in [6, 6.07) is 6.50. The van der Waals surface area contributed by atoms with Crippen molar-refractivity contribution in [2.45, 2.75) is 92.5 Å². The molecule has 1 saturated carbocycles. The number of allylic oxidation sites excluding steroid dienone is 8. The van der Waals surface area contributed by atoms with Gasteiger partial charge in [-0.2, -0.15) is 0 Å². The van der Waals surface area contributed by atoms with Crippen LogP contribution in [0, 0.1) is 5.92 Å². The van der Waals surface area contributed by atoms with Crippen LogP contribution in [-0.4, -0.2) is 18.2 Å². The monoisotopic (exact) mass is 543 g/mol. The van der Waals surface area contributed by atoms with E-state index in [9.17, 15) is 9.18 Å². The number of hydrogen-bond donors (Lipinski definition) is 1. The van der Waals surface area contributed by atoms with Crippen LogP contribution in [0.25, 0.3) is 5.57 Å². The number of fused-ring (bicyclic) bond motifs is 1. The van der Waals surface area contributed by atoms with Crippen LogP contribution in [0.3, 0.4) is 0 Å². The third-order valence-corrected chi connectivity index (χ3v) is 8.07. The van der Waals surface area contributed by atoms with Gasteiger partial charge in [0, 0.05) is 23.6 Å². The largest absolute Gasteiger partial charge is 0.356 e. The number of rotatable bonds is 11. The third kappa shape index (κ3) is 6.46. The van der Waals surface area contributed by atoms with Crippen LogP contribution < -0.4 is 10.2 Å². The van der Waals surface area contributed by atoms with Gasteiger partial charge in [0.15, 0.2) is 0 Å². The molecule has 0 bridgehead atoms. The molecule has 0 unspecified atom stereocenters. The van der Waals surface area contributed by atoms with Gasteiger partial charge in [0.2, 0.25) is 5.91 Å². The van der Waals surface area contributed by atoms with E-state index >= 15 is 0 Å². The molecule has 1 heterocycles. The summed E-state index contributed by atoms with van der Waals surface area (Å²) in [6.07, 6.45) is 10.8. The maximum Gasteiger partial charge on any atom is 0.237 e. The highest BCUT2D eigenvalue weighted by atomic mass is 19.1. The van der Waals surface area contributed by atoms with Gasteiger partial charge in [-0.3, -0.25) is 9.79 Å². The van der Waals surface area contributed by atoms with Gasteiger partial charge < -0.3 is 10.2 Å². The first-order chi connectivity index (χ1) is 18.8. The number of halogens is 1. The maximum absolute atomic E-state index is 14.5. The summed E-state index contributed by atoms with van der Waals surface area (Å²) < 4.78 is 14.5. The normalized spacial score (nSPS) is 21.4. The number of nitrogens with one attached hydrogen (secondary N) is 1. The number of nitrogens with zero attached hydrogens (tertiary/aromatic N) is 2. The van der Waals surface area contributed by atoms with Crippen LogP contribution in [0.15, 0.2) is 88.6 Å². The fraction of sp³-hybridized carbons (Fsp3) is 0.429. The molecule has 0 atom stereocenters. The zero-order valence-corrected chi connectivity index (χ0v) is 25.6. The summed E-state index contributed by atoms with van der Waals surface area (Å²) in [4.78, 5) is 20.3. The van der Waals surface area contributed by atoms with Crippen LogP contribution in [0.2, 0.25) is 0 Å². The molecule has 0 aromatic heterocycles. The lowest BCUT2D eigenvalue weighted by atomic mass is 9.77. The van der Waals surface area contributed by atoms with Crippen LogP contribution in [0.4, 0.5) is 10.1 Å². The minimum atomic E-state index is -0.543. The van der Waals surface area contributed by atoms with Crippen molar-refractivity contribution in [1.29, 1.82) is 0 Å². The van der Waals surface area contributed by atoms with E-state index in [4.69, 9.17) is 4.99 Å². The summed E-state index contributed by atoms with van der Waals surface area (Å²) in [5, 5.41) is 3.20. The van der Waals surface area contributed by atoms with Crippen molar-refractivity contribution in [2.24, 2.45) is 10.9 Å². The van der Waals surface area contributed by atoms with E-state index in [1.54, 1.807) is 6.08 Å². The molecular weight excluding hydrogens is 497 g/mol. The highest BCUT2D eigenvalue weighted by Crippen LogP contribution is 2.48. The summed E-state index contributed by atoms with van der Waals surface area (Å²) in [5.41, 5.74) is 7.00. The van der Waals surface area contributed by atoms with Crippen LogP contribution in [0.5, 0.6) is 0 Å². The summed E-state index contributed by atoms with van der Waals surface area (Å²) >= 11 is 0. The Morgan fingerprint density at radius 3 is 2.42 bits per heavy atom. The standard InChI is InChI=1S/C35H46FN3O/c1-11-16-37-31(24(7)25(8)38-32(17-22(4)5)30(36)13-3)18-23(6)27-14-15-29-33(21-27)39(34(40)35(29,9)10)28-19-26(12-2)20-28/h13-18,21,26,28,38H,3,6,11-12,19-20H2,1-2,4-5,7-10H3/b25-24+,31-18+,32-30-,37-16?. The van der Waals surface area contributed by atoms with Gasteiger partial charge in [0.25, 0.3) is 0 Å². The molecule has 1 amide bonds. The molecule has 5 heteroatoms. The highest BCUT2D eigenvalue weighted by molar-refractivity contribution is 6.08. The van der Waals surface area contributed by atoms with Crippen LogP contribution >= 0.6 is 0 Å². The molecule has 1 aromatic carbocycles. The molecule has 0 saturated heterocycles. The first-order valence-electron chi connectivity index (χ1n) is 14.4. The average Bonchev–Trinajstić information content (AvgIpc) is 3.08. The van der Waals surface area contributed by atoms with Crippen molar-refractivity contribution in [3.63, 3.8) is 0 Å². The maximum atomic E-state index is 14.5. The Labute approximate surface area is 240 Å². The number of hydrogen-bond acceptors (Lipinski definition) is 3. The first kappa shape index (κ1) is 31.1. The Morgan fingerprint density at radius 2 is 1.85 bits per heavy atom. The predicted octanol–water partition coefficient (Wildman–Crippen LogP) is 9.09. The number of carbonyl (C=O) groups excluding carboxylic acids is 1. The minimum absolute atomic E-state index is 0.182. The SMILES string of the molecule is C=C/C(F)=C(\C=C(C)C)N/C(C)=C(C)/C(=C\C(=C)c1ccc2c(c1)N(C1CC(CC)C1)C(=O)C2(C)C)N=CCC. The zero-order chi connectivity index (χ0) is 29.8. The van der Waals surface area contributed by atoms with Crippen molar-refractivity contribution in [3.8, 4) is 0 Å². The zero-order valence-electron chi connectivity index (χ0n) is 25.6. The van der Waals surface area contributed by atoms with Crippen LogP contribution in [-0.2, 0) is 10.2 Å². The van der Waals surface area contributed by atoms with Crippen molar-refractivity contribution < 1.29 is 9.18 Å². The molecule has 0 radical (unpaired) electrons. The van der Waals surface area contributed by atoms with E-state index in [2.05, 4.69) is 37.5 Å². The van der Waals surface area contributed by atoms with Gasteiger partial charge >= 0.3 is 0 Å². The Balaban J connectivity index is 2.00. The Bertz CT molecular complexity index is 1330. The lowest BCUT2D eigenvalue weighted by molar-refractivity contribution is -0.123. The van der Waals surface area contributed by atoms with Crippen molar-refractivity contribution >= 4 is 23.4 Å². The van der Waals surface area contributed by atoms with Gasteiger partial charge in [-0.25, -0.2) is 4.39 Å². The molecule has 1 aliphatic heterocycles. The van der Waals surface area contributed by atoms with Gasteiger partial charge in [0.05, 0.1) is 16.8 Å². The van der Waals surface area contributed by atoms with E-state index in [-0.39, 0.29) is 11.9 Å². The molecule has 4 nitrogen and oxygen atoms in total. The molecule has 1 aliphatic carbocycles. The summed E-state index contributed by atoms with van der Waals surface area (Å²) in [6.45, 7) is 24.0. The quantitative estimate of drug-likeness (QED) is 0.223. The fourth-order valence-electron chi connectivity index (χ4n) is 5.32. The number of carbonyl (C=O) groups is 1. The van der Waals surface area contributed by atoms with Crippen molar-refractivity contribution in [3.05, 3.63) is 94.8 Å². The number of amides is 1. The molecule has 1 fully saturated rings. The summed E-state index contributed by atoms with van der Waals surface area (Å²) in [7, 11) is 0. The number of aliphatic imine (C=N–C) groups is 1. The van der Waals surface area contributed by atoms with E-state index < -0.39 is 11.2 Å². The van der Waals surface area contributed by atoms with E-state index in [1.807, 2.05) is 71.7 Å². The predicted molar refractivity (Wildman–Crippen MR) is 169 cm³/mol. The molecule has 1 N–H and O–H groups in total. The Kier molecular flexibility index (Phi) is 9.94. The van der Waals surface area contributed by atoms with Gasteiger partial charge in [-0.05, 0) is 113 Å². The number of benzene rings is 1. The van der Waals surface area contributed by atoms with Gasteiger partial charge in [-0.1, -0.05) is 51.1 Å². The van der Waals surface area contributed by atoms with E-state index in [0.717, 1.165) is 70.6 Å². The second-order valence-corrected chi connectivity index (χ2v) is 11.8. The second kappa shape index (κ2) is 12.8. The van der Waals surface area contributed by atoms with Gasteiger partial charge in [-0.15, -0.1) is 0 Å². The molecule has 3 rings (SSSR count). The minimum Gasteiger partial charge on any atom is -0.356 e. The molecule has 2 aliphatic rings. The Hall–Kier alpha value is -3.47. The number of anilines is 1. The molecule has 40 heavy (non-hydrogen) atoms. The van der Waals surface area contributed by atoms with Crippen molar-refractivity contribution in [2.75, 3.05) is 4.90 Å². The molecule has 0 spiro atoms. The lowest BCUT2D eigenvalue weighted by Crippen LogP contribution is -2.49. The summed E-state index contributed by atoms with van der Waals surface area (Å²) in [5.74, 6) is 0.460. The molecule has 1 aromatic rings. The third-order valence-electron chi connectivity index (χ3n) is 8.07. The highest BCUT2D eigenvalue weighted by Gasteiger charge is 2.48. The lowest BCUT2D eigenvalue weighted by Gasteiger charge is -2.41. The second-order valence-electron chi connectivity index (χ2n) is 11.8. The van der Waals surface area contributed by atoms with E-state index in [1.165, 1.54) is 6.08 Å². The average molecular weight is 544 g/mol. The van der Waals surface area contributed by atoms with Crippen molar-refractivity contribution in [1.82, 2.24) is 5.32 Å². The molecular formula is C35H46FN3O. The fourth-order valence-corrected chi connectivity index (χ4v) is 5.32. The Morgan fingerprint density at radius 1 is 1.18 bits per heavy atom. The topological polar surface area (TPSA) is 44.7 Å². The van der Waals surface area contributed by atoms with Crippen LogP contribution in [0.1, 0.15) is 92.2 Å². The molecule has 214 valence electrons.